The van der Waals surface area contributed by atoms with Gasteiger partial charge >= 0.3 is 0 Å². The molecule has 1 aromatic rings. The Hall–Kier alpha value is -1.26. The Bertz CT molecular complexity index is 422. The van der Waals surface area contributed by atoms with E-state index in [1.54, 1.807) is 18.2 Å². The summed E-state index contributed by atoms with van der Waals surface area (Å²) in [7, 11) is 1.54. The van der Waals surface area contributed by atoms with Crippen LogP contribution in [0, 0.1) is 0 Å². The molecule has 2 rings (SSSR count). The Labute approximate surface area is 98.2 Å². The van der Waals surface area contributed by atoms with Gasteiger partial charge in [-0.25, -0.2) is 0 Å². The number of fused-ring (bicyclic) bond motifs is 1. The van der Waals surface area contributed by atoms with E-state index in [0.717, 1.165) is 0 Å². The van der Waals surface area contributed by atoms with Crippen molar-refractivity contribution in [2.24, 2.45) is 0 Å². The van der Waals surface area contributed by atoms with Gasteiger partial charge in [-0.15, -0.1) is 0 Å². The van der Waals surface area contributed by atoms with Crippen molar-refractivity contribution >= 4 is 17.5 Å². The first-order chi connectivity index (χ1) is 7.61. The highest BCUT2D eigenvalue weighted by atomic mass is 35.5. The summed E-state index contributed by atoms with van der Waals surface area (Å²) in [5, 5.41) is 12.9. The van der Waals surface area contributed by atoms with E-state index in [0.29, 0.717) is 16.3 Å². The predicted octanol–water partition coefficient (Wildman–Crippen LogP) is 1.27. The number of rotatable bonds is 1. The molecule has 2 atom stereocenters. The maximum absolute atomic E-state index is 11.4. The number of aliphatic hydroxyl groups excluding tert-OH is 1. The summed E-state index contributed by atoms with van der Waals surface area (Å²) in [6.45, 7) is 0. The van der Waals surface area contributed by atoms with Crippen molar-refractivity contribution in [1.29, 1.82) is 0 Å². The second-order valence-electron chi connectivity index (χ2n) is 3.65. The van der Waals surface area contributed by atoms with Gasteiger partial charge in [-0.2, -0.15) is 0 Å². The van der Waals surface area contributed by atoms with Gasteiger partial charge in [-0.1, -0.05) is 11.6 Å². The summed E-state index contributed by atoms with van der Waals surface area (Å²) in [5.74, 6) is 0.274. The van der Waals surface area contributed by atoms with Crippen LogP contribution in [-0.4, -0.2) is 24.2 Å². The lowest BCUT2D eigenvalue weighted by atomic mass is 9.99. The monoisotopic (exact) mass is 241 g/mol. The number of aliphatic hydroxyl groups is 1. The maximum atomic E-state index is 11.4. The fourth-order valence-electron chi connectivity index (χ4n) is 1.74. The summed E-state index contributed by atoms with van der Waals surface area (Å²) in [6, 6.07) is 4.98. The zero-order valence-corrected chi connectivity index (χ0v) is 9.49. The van der Waals surface area contributed by atoms with Gasteiger partial charge in [0, 0.05) is 24.1 Å². The molecular formula is C11H12ClNO3. The van der Waals surface area contributed by atoms with Crippen LogP contribution >= 0.6 is 11.6 Å². The van der Waals surface area contributed by atoms with E-state index >= 15 is 0 Å². The molecule has 2 unspecified atom stereocenters. The summed E-state index contributed by atoms with van der Waals surface area (Å²) in [6.07, 6.45) is -1.12. The number of hydrogen-bond donors (Lipinski definition) is 2. The lowest BCUT2D eigenvalue weighted by Gasteiger charge is -2.28. The van der Waals surface area contributed by atoms with E-state index in [-0.39, 0.29) is 12.3 Å². The van der Waals surface area contributed by atoms with Gasteiger partial charge in [0.1, 0.15) is 5.75 Å². The summed E-state index contributed by atoms with van der Waals surface area (Å²) in [5.41, 5.74) is 0.632. The molecule has 0 bridgehead atoms. The summed E-state index contributed by atoms with van der Waals surface area (Å²) in [4.78, 5) is 11.4. The van der Waals surface area contributed by atoms with Gasteiger partial charge < -0.3 is 15.2 Å². The smallest absolute Gasteiger partial charge is 0.260 e. The Morgan fingerprint density at radius 1 is 1.62 bits per heavy atom. The third-order valence-corrected chi connectivity index (χ3v) is 2.81. The second-order valence-corrected chi connectivity index (χ2v) is 4.09. The van der Waals surface area contributed by atoms with Gasteiger partial charge in [-0.05, 0) is 18.2 Å². The number of nitrogens with one attached hydrogen (secondary N) is 1. The normalized spacial score (nSPS) is 23.2. The van der Waals surface area contributed by atoms with E-state index in [1.807, 2.05) is 0 Å². The molecule has 0 saturated heterocycles. The highest BCUT2D eigenvalue weighted by Gasteiger charge is 2.31. The Morgan fingerprint density at radius 2 is 2.38 bits per heavy atom. The molecule has 1 heterocycles. The highest BCUT2D eigenvalue weighted by Crippen LogP contribution is 2.36. The van der Waals surface area contributed by atoms with Crippen molar-refractivity contribution in [2.45, 2.75) is 18.6 Å². The van der Waals surface area contributed by atoms with Gasteiger partial charge in [0.15, 0.2) is 6.10 Å². The number of halogens is 1. The van der Waals surface area contributed by atoms with Gasteiger partial charge in [-0.3, -0.25) is 4.79 Å². The van der Waals surface area contributed by atoms with Crippen LogP contribution in [-0.2, 0) is 4.79 Å². The molecule has 16 heavy (non-hydrogen) atoms. The Kier molecular flexibility index (Phi) is 3.03. The number of carbonyl (C=O) groups excluding carboxylic acids is 1. The predicted molar refractivity (Wildman–Crippen MR) is 59.5 cm³/mol. The SMILES string of the molecule is CNC(=O)C1CC(O)c2cc(Cl)ccc2O1. The molecule has 1 aromatic carbocycles. The minimum Gasteiger partial charge on any atom is -0.480 e. The molecule has 1 aliphatic rings. The summed E-state index contributed by atoms with van der Waals surface area (Å²) < 4.78 is 5.48. The quantitative estimate of drug-likeness (QED) is 0.779. The second kappa shape index (κ2) is 4.31. The minimum atomic E-state index is -0.718. The molecule has 1 amide bonds. The van der Waals surface area contributed by atoms with Crippen LogP contribution in [0.4, 0.5) is 0 Å². The summed E-state index contributed by atoms with van der Waals surface area (Å²) >= 11 is 5.82. The molecule has 0 fully saturated rings. The molecule has 86 valence electrons. The molecule has 0 aliphatic carbocycles. The molecule has 0 spiro atoms. The van der Waals surface area contributed by atoms with Crippen molar-refractivity contribution in [1.82, 2.24) is 5.32 Å². The number of carbonyl (C=O) groups is 1. The number of hydrogen-bond acceptors (Lipinski definition) is 3. The van der Waals surface area contributed by atoms with Gasteiger partial charge in [0.2, 0.25) is 0 Å². The maximum Gasteiger partial charge on any atom is 0.260 e. The average Bonchev–Trinajstić information content (AvgIpc) is 2.28. The third-order valence-electron chi connectivity index (χ3n) is 2.58. The molecule has 0 radical (unpaired) electrons. The number of amides is 1. The fraction of sp³-hybridized carbons (Fsp3) is 0.364. The van der Waals surface area contributed by atoms with Crippen LogP contribution < -0.4 is 10.1 Å². The number of likely N-dealkylation sites (N-methyl/N-ethyl adjacent to an activating group) is 1. The topological polar surface area (TPSA) is 58.6 Å². The van der Waals surface area contributed by atoms with Crippen molar-refractivity contribution < 1.29 is 14.6 Å². The van der Waals surface area contributed by atoms with E-state index in [4.69, 9.17) is 16.3 Å². The lowest BCUT2D eigenvalue weighted by Crippen LogP contribution is -2.39. The highest BCUT2D eigenvalue weighted by molar-refractivity contribution is 6.30. The van der Waals surface area contributed by atoms with Crippen LogP contribution in [0.3, 0.4) is 0 Å². The Balaban J connectivity index is 2.30. The molecule has 4 nitrogen and oxygen atoms in total. The molecule has 2 N–H and O–H groups in total. The zero-order chi connectivity index (χ0) is 11.7. The molecular weight excluding hydrogens is 230 g/mol. The average molecular weight is 242 g/mol. The Morgan fingerprint density at radius 3 is 3.06 bits per heavy atom. The van der Waals surface area contributed by atoms with Crippen LogP contribution in [0.5, 0.6) is 5.75 Å². The first kappa shape index (κ1) is 11.2. The van der Waals surface area contributed by atoms with Crippen molar-refractivity contribution in [3.05, 3.63) is 28.8 Å². The van der Waals surface area contributed by atoms with Crippen LogP contribution in [0.25, 0.3) is 0 Å². The van der Waals surface area contributed by atoms with Crippen molar-refractivity contribution in [2.75, 3.05) is 7.05 Å². The third kappa shape index (κ3) is 1.99. The number of ether oxygens (including phenoxy) is 1. The van der Waals surface area contributed by atoms with Crippen LogP contribution in [0.1, 0.15) is 18.1 Å². The first-order valence-corrected chi connectivity index (χ1v) is 5.35. The van der Waals surface area contributed by atoms with Crippen LogP contribution in [0.2, 0.25) is 5.02 Å². The molecule has 0 saturated carbocycles. The van der Waals surface area contributed by atoms with Gasteiger partial charge in [0.05, 0.1) is 6.10 Å². The minimum absolute atomic E-state index is 0.236. The van der Waals surface area contributed by atoms with Crippen molar-refractivity contribution in [3.63, 3.8) is 0 Å². The van der Waals surface area contributed by atoms with Crippen molar-refractivity contribution in [3.8, 4) is 5.75 Å². The largest absolute Gasteiger partial charge is 0.480 e. The van der Waals surface area contributed by atoms with E-state index < -0.39 is 12.2 Å². The standard InChI is InChI=1S/C11H12ClNO3/c1-13-11(15)10-5-8(14)7-4-6(12)2-3-9(7)16-10/h2-4,8,10,14H,5H2,1H3,(H,13,15). The van der Waals surface area contributed by atoms with E-state index in [1.165, 1.54) is 7.05 Å². The molecule has 1 aliphatic heterocycles. The lowest BCUT2D eigenvalue weighted by molar-refractivity contribution is -0.129. The first-order valence-electron chi connectivity index (χ1n) is 4.97. The number of benzene rings is 1. The fourth-order valence-corrected chi connectivity index (χ4v) is 1.92. The zero-order valence-electron chi connectivity index (χ0n) is 8.74. The van der Waals surface area contributed by atoms with E-state index in [2.05, 4.69) is 5.32 Å². The van der Waals surface area contributed by atoms with Gasteiger partial charge in [0.25, 0.3) is 5.91 Å². The van der Waals surface area contributed by atoms with Crippen LogP contribution in [0.15, 0.2) is 18.2 Å². The van der Waals surface area contributed by atoms with E-state index in [9.17, 15) is 9.90 Å². The molecule has 5 heteroatoms. The molecule has 0 aromatic heterocycles.